The Balaban J connectivity index is 2.52. The van der Waals surface area contributed by atoms with Crippen LogP contribution >= 0.6 is 11.3 Å². The van der Waals surface area contributed by atoms with Crippen LogP contribution in [0.1, 0.15) is 36.6 Å². The molecule has 17 heavy (non-hydrogen) atoms. The van der Waals surface area contributed by atoms with Crippen molar-refractivity contribution in [3.8, 4) is 11.8 Å². The third kappa shape index (κ3) is 5.03. The minimum Gasteiger partial charge on any atom is -0.395 e. The molecule has 0 fully saturated rings. The van der Waals surface area contributed by atoms with E-state index < -0.39 is 0 Å². The number of aliphatic hydroxyl groups is 1. The lowest BCUT2D eigenvalue weighted by atomic mass is 10.2. The Morgan fingerprint density at radius 1 is 1.59 bits per heavy atom. The van der Waals surface area contributed by atoms with Gasteiger partial charge in [-0.25, -0.2) is 0 Å². The van der Waals surface area contributed by atoms with E-state index in [4.69, 9.17) is 5.11 Å². The van der Waals surface area contributed by atoms with E-state index in [-0.39, 0.29) is 12.5 Å². The highest BCUT2D eigenvalue weighted by molar-refractivity contribution is 7.10. The first-order valence-electron chi connectivity index (χ1n) is 5.70. The van der Waals surface area contributed by atoms with Crippen LogP contribution in [0, 0.1) is 11.8 Å². The van der Waals surface area contributed by atoms with Crippen LogP contribution in [-0.4, -0.2) is 17.6 Å². The standard InChI is InChI=1S/C13H17NO2S/c1-2-5-13(16)14-10-12-11(7-9-17-12)6-3-4-8-15/h7,9,15H,2,4-5,8,10H2,1H3,(H,14,16). The zero-order valence-corrected chi connectivity index (χ0v) is 10.8. The molecule has 0 aliphatic rings. The number of rotatable bonds is 5. The number of carbonyl (C=O) groups excluding carboxylic acids is 1. The van der Waals surface area contributed by atoms with Gasteiger partial charge in [0, 0.05) is 23.3 Å². The number of thiophene rings is 1. The smallest absolute Gasteiger partial charge is 0.220 e. The summed E-state index contributed by atoms with van der Waals surface area (Å²) in [6, 6.07) is 1.94. The Bertz CT molecular complexity index is 415. The topological polar surface area (TPSA) is 49.3 Å². The van der Waals surface area contributed by atoms with Crippen molar-refractivity contribution in [3.63, 3.8) is 0 Å². The second kappa shape index (κ2) is 7.88. The number of hydrogen-bond donors (Lipinski definition) is 2. The van der Waals surface area contributed by atoms with Crippen LogP contribution in [0.3, 0.4) is 0 Å². The second-order valence-corrected chi connectivity index (χ2v) is 4.56. The summed E-state index contributed by atoms with van der Waals surface area (Å²) in [5.41, 5.74) is 0.945. The van der Waals surface area contributed by atoms with Crippen LogP contribution in [0.25, 0.3) is 0 Å². The van der Waals surface area contributed by atoms with Crippen molar-refractivity contribution in [2.45, 2.75) is 32.7 Å². The summed E-state index contributed by atoms with van der Waals surface area (Å²) in [6.07, 6.45) is 1.91. The Kier molecular flexibility index (Phi) is 6.38. The third-order valence-corrected chi connectivity index (χ3v) is 3.05. The zero-order chi connectivity index (χ0) is 12.5. The average molecular weight is 251 g/mol. The molecule has 0 saturated carbocycles. The van der Waals surface area contributed by atoms with Crippen molar-refractivity contribution >= 4 is 17.2 Å². The molecule has 2 N–H and O–H groups in total. The highest BCUT2D eigenvalue weighted by Gasteiger charge is 2.04. The van der Waals surface area contributed by atoms with Gasteiger partial charge in [0.15, 0.2) is 0 Å². The molecule has 1 heterocycles. The molecule has 0 unspecified atom stereocenters. The Labute approximate surface area is 106 Å². The van der Waals surface area contributed by atoms with Crippen LogP contribution < -0.4 is 5.32 Å². The van der Waals surface area contributed by atoms with Gasteiger partial charge in [-0.05, 0) is 17.9 Å². The summed E-state index contributed by atoms with van der Waals surface area (Å²) in [4.78, 5) is 12.4. The number of aliphatic hydroxyl groups excluding tert-OH is 1. The van der Waals surface area contributed by atoms with Crippen LogP contribution in [0.2, 0.25) is 0 Å². The monoisotopic (exact) mass is 251 g/mol. The van der Waals surface area contributed by atoms with Gasteiger partial charge in [0.05, 0.1) is 13.2 Å². The normalized spacial score (nSPS) is 9.53. The maximum Gasteiger partial charge on any atom is 0.220 e. The Morgan fingerprint density at radius 3 is 3.12 bits per heavy atom. The zero-order valence-electron chi connectivity index (χ0n) is 9.95. The van der Waals surface area contributed by atoms with Gasteiger partial charge in [0.2, 0.25) is 5.91 Å². The Morgan fingerprint density at radius 2 is 2.41 bits per heavy atom. The van der Waals surface area contributed by atoms with Crippen LogP contribution in [0.15, 0.2) is 11.4 Å². The van der Waals surface area contributed by atoms with Crippen molar-refractivity contribution in [1.82, 2.24) is 5.32 Å². The molecule has 0 atom stereocenters. The molecule has 0 spiro atoms. The molecule has 0 bridgehead atoms. The summed E-state index contributed by atoms with van der Waals surface area (Å²) in [7, 11) is 0. The van der Waals surface area contributed by atoms with Crippen molar-refractivity contribution in [1.29, 1.82) is 0 Å². The maximum absolute atomic E-state index is 11.3. The van der Waals surface area contributed by atoms with E-state index in [1.807, 2.05) is 18.4 Å². The summed E-state index contributed by atoms with van der Waals surface area (Å²) in [5, 5.41) is 13.5. The predicted octanol–water partition coefficient (Wildman–Crippen LogP) is 1.90. The SMILES string of the molecule is CCCC(=O)NCc1sccc1C#CCCO. The molecule has 3 nitrogen and oxygen atoms in total. The first kappa shape index (κ1) is 13.8. The van der Waals surface area contributed by atoms with Crippen molar-refractivity contribution < 1.29 is 9.90 Å². The van der Waals surface area contributed by atoms with Gasteiger partial charge in [-0.2, -0.15) is 0 Å². The third-order valence-electron chi connectivity index (χ3n) is 2.13. The first-order valence-corrected chi connectivity index (χ1v) is 6.58. The van der Waals surface area contributed by atoms with Crippen molar-refractivity contribution in [3.05, 3.63) is 21.9 Å². The van der Waals surface area contributed by atoms with E-state index in [0.29, 0.717) is 19.4 Å². The fraction of sp³-hybridized carbons (Fsp3) is 0.462. The molecule has 0 radical (unpaired) electrons. The van der Waals surface area contributed by atoms with Gasteiger partial charge in [-0.15, -0.1) is 11.3 Å². The number of hydrogen-bond acceptors (Lipinski definition) is 3. The largest absolute Gasteiger partial charge is 0.395 e. The number of carbonyl (C=O) groups is 1. The lowest BCUT2D eigenvalue weighted by molar-refractivity contribution is -0.121. The van der Waals surface area contributed by atoms with Gasteiger partial charge in [-0.3, -0.25) is 4.79 Å². The number of amides is 1. The Hall–Kier alpha value is -1.31. The molecular formula is C13H17NO2S. The van der Waals surface area contributed by atoms with E-state index >= 15 is 0 Å². The van der Waals surface area contributed by atoms with Crippen LogP contribution in [0.5, 0.6) is 0 Å². The predicted molar refractivity (Wildman–Crippen MR) is 69.7 cm³/mol. The molecule has 92 valence electrons. The van der Waals surface area contributed by atoms with Gasteiger partial charge >= 0.3 is 0 Å². The van der Waals surface area contributed by atoms with E-state index in [2.05, 4.69) is 17.2 Å². The highest BCUT2D eigenvalue weighted by Crippen LogP contribution is 2.15. The number of nitrogens with one attached hydrogen (secondary N) is 1. The van der Waals surface area contributed by atoms with Crippen LogP contribution in [0.4, 0.5) is 0 Å². The van der Waals surface area contributed by atoms with Crippen molar-refractivity contribution in [2.24, 2.45) is 0 Å². The van der Waals surface area contributed by atoms with E-state index in [0.717, 1.165) is 16.9 Å². The highest BCUT2D eigenvalue weighted by atomic mass is 32.1. The lowest BCUT2D eigenvalue weighted by Gasteiger charge is -2.02. The summed E-state index contributed by atoms with van der Waals surface area (Å²) in [5.74, 6) is 5.96. The molecule has 0 aromatic carbocycles. The molecule has 0 aliphatic carbocycles. The van der Waals surface area contributed by atoms with Gasteiger partial charge in [-0.1, -0.05) is 18.8 Å². The summed E-state index contributed by atoms with van der Waals surface area (Å²) >= 11 is 1.59. The van der Waals surface area contributed by atoms with Gasteiger partial charge < -0.3 is 10.4 Å². The fourth-order valence-corrected chi connectivity index (χ4v) is 2.07. The van der Waals surface area contributed by atoms with E-state index in [1.165, 1.54) is 0 Å². The molecule has 0 aliphatic heterocycles. The minimum absolute atomic E-state index is 0.0789. The minimum atomic E-state index is 0.0789. The van der Waals surface area contributed by atoms with E-state index in [9.17, 15) is 4.79 Å². The maximum atomic E-state index is 11.3. The van der Waals surface area contributed by atoms with Crippen LogP contribution in [-0.2, 0) is 11.3 Å². The molecule has 1 rings (SSSR count). The van der Waals surface area contributed by atoms with E-state index in [1.54, 1.807) is 11.3 Å². The van der Waals surface area contributed by atoms with Gasteiger partial charge in [0.25, 0.3) is 0 Å². The fourth-order valence-electron chi connectivity index (χ4n) is 1.30. The average Bonchev–Trinajstić information content (AvgIpc) is 2.75. The summed E-state index contributed by atoms with van der Waals surface area (Å²) < 4.78 is 0. The second-order valence-electron chi connectivity index (χ2n) is 3.56. The first-order chi connectivity index (χ1) is 8.27. The molecule has 1 amide bonds. The molecule has 1 aromatic heterocycles. The summed E-state index contributed by atoms with van der Waals surface area (Å²) in [6.45, 7) is 2.61. The van der Waals surface area contributed by atoms with Gasteiger partial charge in [0.1, 0.15) is 0 Å². The lowest BCUT2D eigenvalue weighted by Crippen LogP contribution is -2.21. The van der Waals surface area contributed by atoms with Crippen molar-refractivity contribution in [2.75, 3.05) is 6.61 Å². The molecular weight excluding hydrogens is 234 g/mol. The molecule has 1 aromatic rings. The molecule has 0 saturated heterocycles. The molecule has 4 heteroatoms. The quantitative estimate of drug-likeness (QED) is 0.785.